The molecule has 2 aromatic carbocycles. The maximum Gasteiger partial charge on any atom is 0.328 e. The molecule has 0 fully saturated rings. The number of ether oxygens (including phenoxy) is 1. The predicted molar refractivity (Wildman–Crippen MR) is 98.4 cm³/mol. The van der Waals surface area contributed by atoms with Crippen LogP contribution in [-0.4, -0.2) is 40.2 Å². The lowest BCUT2D eigenvalue weighted by molar-refractivity contribution is -0.394. The molecule has 0 aliphatic carbocycles. The highest BCUT2D eigenvalue weighted by atomic mass is 16.6. The minimum absolute atomic E-state index is 0.348. The molecule has 150 valence electrons. The molecule has 0 heterocycles. The number of hydrogen-bond donors (Lipinski definition) is 1. The van der Waals surface area contributed by atoms with Crippen LogP contribution in [0.1, 0.15) is 27.6 Å². The first-order valence-electron chi connectivity index (χ1n) is 8.18. The number of benzene rings is 2. The first-order valence-corrected chi connectivity index (χ1v) is 8.18. The van der Waals surface area contributed by atoms with Gasteiger partial charge in [0.15, 0.2) is 12.4 Å². The van der Waals surface area contributed by atoms with Gasteiger partial charge >= 0.3 is 5.97 Å². The van der Waals surface area contributed by atoms with Crippen LogP contribution < -0.4 is 5.32 Å². The van der Waals surface area contributed by atoms with E-state index in [4.69, 9.17) is 4.74 Å². The van der Waals surface area contributed by atoms with Gasteiger partial charge < -0.3 is 10.1 Å². The molecule has 0 saturated heterocycles. The van der Waals surface area contributed by atoms with E-state index in [-0.39, 0.29) is 5.56 Å². The average Bonchev–Trinajstić information content (AvgIpc) is 2.71. The highest BCUT2D eigenvalue weighted by molar-refractivity contribution is 5.99. The van der Waals surface area contributed by atoms with Crippen molar-refractivity contribution >= 4 is 29.0 Å². The number of carbonyl (C=O) groups excluding carboxylic acids is 3. The number of ketones is 1. The minimum atomic E-state index is -1.20. The Bertz CT molecular complexity index is 942. The molecule has 29 heavy (non-hydrogen) atoms. The highest BCUT2D eigenvalue weighted by Gasteiger charge is 2.23. The van der Waals surface area contributed by atoms with Gasteiger partial charge in [-0.2, -0.15) is 0 Å². The van der Waals surface area contributed by atoms with Crippen LogP contribution in [0.25, 0.3) is 0 Å². The normalized spacial score (nSPS) is 11.2. The molecule has 1 N–H and O–H groups in total. The summed E-state index contributed by atoms with van der Waals surface area (Å²) in [5, 5.41) is 24.0. The Morgan fingerprint density at radius 1 is 0.966 bits per heavy atom. The number of nitro groups is 2. The molecule has 0 aliphatic heterocycles. The van der Waals surface area contributed by atoms with Gasteiger partial charge in [0.25, 0.3) is 17.3 Å². The van der Waals surface area contributed by atoms with Gasteiger partial charge in [0.1, 0.15) is 6.04 Å². The fourth-order valence-electron chi connectivity index (χ4n) is 2.25. The highest BCUT2D eigenvalue weighted by Crippen LogP contribution is 2.22. The summed E-state index contributed by atoms with van der Waals surface area (Å²) in [7, 11) is 0. The second-order valence-corrected chi connectivity index (χ2v) is 5.84. The van der Waals surface area contributed by atoms with Crippen molar-refractivity contribution in [2.24, 2.45) is 0 Å². The zero-order valence-corrected chi connectivity index (χ0v) is 15.1. The van der Waals surface area contributed by atoms with Gasteiger partial charge in [0, 0.05) is 17.7 Å². The number of Topliss-reactive ketones (excluding diaryl/α,β-unsaturated/α-hetero) is 1. The number of hydrogen-bond acceptors (Lipinski definition) is 8. The first-order chi connectivity index (χ1) is 13.7. The third kappa shape index (κ3) is 5.66. The first kappa shape index (κ1) is 21.2. The minimum Gasteiger partial charge on any atom is -0.456 e. The van der Waals surface area contributed by atoms with E-state index >= 15 is 0 Å². The number of carbonyl (C=O) groups is 3. The molecule has 0 spiro atoms. The van der Waals surface area contributed by atoms with Gasteiger partial charge in [0.05, 0.1) is 21.5 Å². The van der Waals surface area contributed by atoms with Crippen LogP contribution >= 0.6 is 0 Å². The van der Waals surface area contributed by atoms with Crippen LogP contribution in [0.5, 0.6) is 0 Å². The quantitative estimate of drug-likeness (QED) is 0.304. The van der Waals surface area contributed by atoms with Crippen molar-refractivity contribution in [3.05, 3.63) is 79.9 Å². The van der Waals surface area contributed by atoms with E-state index in [1.54, 1.807) is 30.3 Å². The molecule has 0 saturated carbocycles. The Hall–Kier alpha value is -4.15. The Kier molecular flexibility index (Phi) is 6.69. The topological polar surface area (TPSA) is 159 Å². The monoisotopic (exact) mass is 401 g/mol. The number of esters is 1. The SMILES string of the molecule is CC(NC(=O)c1cc([N+](=O)[O-])cc([N+](=O)[O-])c1)C(=O)OCC(=O)c1ccccc1. The molecule has 1 amide bonds. The average molecular weight is 401 g/mol. The lowest BCUT2D eigenvalue weighted by Gasteiger charge is -2.13. The number of nitrogens with zero attached hydrogens (tertiary/aromatic N) is 2. The van der Waals surface area contributed by atoms with Crippen molar-refractivity contribution < 1.29 is 29.0 Å². The van der Waals surface area contributed by atoms with Gasteiger partial charge in [-0.1, -0.05) is 30.3 Å². The van der Waals surface area contributed by atoms with E-state index in [1.807, 2.05) is 0 Å². The van der Waals surface area contributed by atoms with Crippen molar-refractivity contribution in [1.82, 2.24) is 5.32 Å². The molecule has 0 radical (unpaired) electrons. The summed E-state index contributed by atoms with van der Waals surface area (Å²) >= 11 is 0. The predicted octanol–water partition coefficient (Wildman–Crippen LogP) is 2.05. The van der Waals surface area contributed by atoms with E-state index in [0.29, 0.717) is 11.6 Å². The second kappa shape index (κ2) is 9.17. The molecule has 11 heteroatoms. The summed E-state index contributed by atoms with van der Waals surface area (Å²) in [5.41, 5.74) is -1.31. The Morgan fingerprint density at radius 3 is 2.03 bits per heavy atom. The van der Waals surface area contributed by atoms with Crippen LogP contribution in [0.15, 0.2) is 48.5 Å². The van der Waals surface area contributed by atoms with Gasteiger partial charge in [-0.3, -0.25) is 29.8 Å². The second-order valence-electron chi connectivity index (χ2n) is 5.84. The molecular formula is C18H15N3O8. The van der Waals surface area contributed by atoms with E-state index < -0.39 is 51.5 Å². The Labute approximate surface area is 163 Å². The van der Waals surface area contributed by atoms with E-state index in [1.165, 1.54) is 6.92 Å². The summed E-state index contributed by atoms with van der Waals surface area (Å²) in [6.07, 6.45) is 0. The molecule has 0 aliphatic rings. The number of rotatable bonds is 8. The van der Waals surface area contributed by atoms with Crippen molar-refractivity contribution in [1.29, 1.82) is 0 Å². The maximum atomic E-state index is 12.2. The fraction of sp³-hybridized carbons (Fsp3) is 0.167. The van der Waals surface area contributed by atoms with E-state index in [0.717, 1.165) is 12.1 Å². The van der Waals surface area contributed by atoms with Gasteiger partial charge in [-0.25, -0.2) is 4.79 Å². The maximum absolute atomic E-state index is 12.2. The largest absolute Gasteiger partial charge is 0.456 e. The molecule has 2 rings (SSSR count). The number of non-ortho nitro benzene ring substituents is 2. The van der Waals surface area contributed by atoms with Gasteiger partial charge in [-0.15, -0.1) is 0 Å². The standard InChI is InChI=1S/C18H15N3O8/c1-11(18(24)29-10-16(22)12-5-3-2-4-6-12)19-17(23)13-7-14(20(25)26)9-15(8-13)21(27)28/h2-9,11H,10H2,1H3,(H,19,23). The Balaban J connectivity index is 2.02. The lowest BCUT2D eigenvalue weighted by Crippen LogP contribution is -2.40. The third-order valence-electron chi connectivity index (χ3n) is 3.73. The molecule has 1 unspecified atom stereocenters. The van der Waals surface area contributed by atoms with Crippen LogP contribution in [0.2, 0.25) is 0 Å². The molecule has 1 atom stereocenters. The Morgan fingerprint density at radius 2 is 1.52 bits per heavy atom. The number of nitrogens with one attached hydrogen (secondary N) is 1. The lowest BCUT2D eigenvalue weighted by atomic mass is 10.1. The smallest absolute Gasteiger partial charge is 0.328 e. The van der Waals surface area contributed by atoms with E-state index in [2.05, 4.69) is 5.32 Å². The number of nitro benzene ring substituents is 2. The summed E-state index contributed by atoms with van der Waals surface area (Å²) < 4.78 is 4.86. The van der Waals surface area contributed by atoms with Crippen LogP contribution in [0.3, 0.4) is 0 Å². The summed E-state index contributed by atoms with van der Waals surface area (Å²) in [5.74, 6) is -2.30. The molecule has 11 nitrogen and oxygen atoms in total. The van der Waals surface area contributed by atoms with E-state index in [9.17, 15) is 34.6 Å². The zero-order valence-electron chi connectivity index (χ0n) is 15.1. The van der Waals surface area contributed by atoms with Crippen LogP contribution in [0.4, 0.5) is 11.4 Å². The summed E-state index contributed by atoms with van der Waals surface area (Å²) in [4.78, 5) is 56.2. The molecule has 0 bridgehead atoms. The summed E-state index contributed by atoms with van der Waals surface area (Å²) in [6.45, 7) is 0.740. The van der Waals surface area contributed by atoms with Crippen molar-refractivity contribution in [2.45, 2.75) is 13.0 Å². The van der Waals surface area contributed by atoms with Crippen molar-refractivity contribution in [2.75, 3.05) is 6.61 Å². The summed E-state index contributed by atoms with van der Waals surface area (Å²) in [6, 6.07) is 9.32. The van der Waals surface area contributed by atoms with Gasteiger partial charge in [0.2, 0.25) is 0 Å². The van der Waals surface area contributed by atoms with Crippen molar-refractivity contribution in [3.8, 4) is 0 Å². The molecule has 2 aromatic rings. The molecular weight excluding hydrogens is 386 g/mol. The molecule has 0 aromatic heterocycles. The third-order valence-corrected chi connectivity index (χ3v) is 3.73. The van der Waals surface area contributed by atoms with Crippen molar-refractivity contribution in [3.63, 3.8) is 0 Å². The van der Waals surface area contributed by atoms with Crippen LogP contribution in [0, 0.1) is 20.2 Å². The van der Waals surface area contributed by atoms with Gasteiger partial charge in [-0.05, 0) is 6.92 Å². The number of amides is 1. The fourth-order valence-corrected chi connectivity index (χ4v) is 2.25. The zero-order chi connectivity index (χ0) is 21.6. The van der Waals surface area contributed by atoms with Crippen LogP contribution in [-0.2, 0) is 9.53 Å².